The van der Waals surface area contributed by atoms with Crippen molar-refractivity contribution < 1.29 is 5.11 Å². The molecule has 0 bridgehead atoms. The zero-order chi connectivity index (χ0) is 15.7. The normalized spacial score (nSPS) is 26.9. The Morgan fingerprint density at radius 1 is 1.14 bits per heavy atom. The van der Waals surface area contributed by atoms with E-state index >= 15 is 0 Å². The Balaban J connectivity index is 2.00. The molecule has 0 amide bonds. The lowest BCUT2D eigenvalue weighted by molar-refractivity contribution is -0.0276. The molecular weight excluding hydrogens is 256 g/mol. The van der Waals surface area contributed by atoms with E-state index in [-0.39, 0.29) is 0 Å². The second kappa shape index (κ2) is 6.12. The lowest BCUT2D eigenvalue weighted by atomic mass is 9.65. The predicted molar refractivity (Wildman–Crippen MR) is 90.6 cm³/mol. The van der Waals surface area contributed by atoms with Crippen molar-refractivity contribution in [1.29, 1.82) is 0 Å². The zero-order valence-electron chi connectivity index (χ0n) is 14.5. The summed E-state index contributed by atoms with van der Waals surface area (Å²) in [5, 5.41) is 10.9. The van der Waals surface area contributed by atoms with Crippen LogP contribution >= 0.6 is 0 Å². The minimum Gasteiger partial charge on any atom is -0.390 e. The quantitative estimate of drug-likeness (QED) is 0.807. The number of aliphatic hydroxyl groups is 1. The van der Waals surface area contributed by atoms with Gasteiger partial charge in [0.1, 0.15) is 0 Å². The Kier molecular flexibility index (Phi) is 4.82. The van der Waals surface area contributed by atoms with Crippen molar-refractivity contribution in [1.82, 2.24) is 0 Å². The molecule has 118 valence electrons. The van der Waals surface area contributed by atoms with Gasteiger partial charge in [0.15, 0.2) is 0 Å². The summed E-state index contributed by atoms with van der Waals surface area (Å²) in [4.78, 5) is 0. The van der Waals surface area contributed by atoms with Crippen molar-refractivity contribution >= 4 is 0 Å². The molecule has 0 saturated heterocycles. The van der Waals surface area contributed by atoms with Crippen LogP contribution < -0.4 is 0 Å². The van der Waals surface area contributed by atoms with E-state index in [1.54, 1.807) is 0 Å². The summed E-state index contributed by atoms with van der Waals surface area (Å²) in [6, 6.07) is 6.61. The standard InChI is InChI=1S/C20H32O/c1-6-19(4,5)18-9-11-20(21,12-10-18)14-17-8-7-15(2)16(3)13-17/h7-8,13,18,21H,6,9-12,14H2,1-5H3. The van der Waals surface area contributed by atoms with Crippen molar-refractivity contribution in [3.8, 4) is 0 Å². The second-order valence-corrected chi connectivity index (χ2v) is 7.94. The molecule has 1 fully saturated rings. The number of rotatable bonds is 4. The first-order chi connectivity index (χ1) is 9.76. The molecule has 1 heteroatoms. The summed E-state index contributed by atoms with van der Waals surface area (Å²) in [5.74, 6) is 0.766. The van der Waals surface area contributed by atoms with E-state index in [2.05, 4.69) is 52.8 Å². The third-order valence-electron chi connectivity index (χ3n) is 6.04. The molecule has 0 atom stereocenters. The Morgan fingerprint density at radius 2 is 1.76 bits per heavy atom. The van der Waals surface area contributed by atoms with Crippen molar-refractivity contribution in [3.05, 3.63) is 34.9 Å². The van der Waals surface area contributed by atoms with Gasteiger partial charge >= 0.3 is 0 Å². The Bertz CT molecular complexity index is 479. The fourth-order valence-corrected chi connectivity index (χ4v) is 3.70. The van der Waals surface area contributed by atoms with Gasteiger partial charge in [0.05, 0.1) is 5.60 Å². The summed E-state index contributed by atoms with van der Waals surface area (Å²) in [6.45, 7) is 11.3. The van der Waals surface area contributed by atoms with E-state index in [1.807, 2.05) is 0 Å². The van der Waals surface area contributed by atoms with Crippen molar-refractivity contribution in [2.24, 2.45) is 11.3 Å². The Hall–Kier alpha value is -0.820. The molecule has 0 unspecified atom stereocenters. The van der Waals surface area contributed by atoms with Crippen LogP contribution in [-0.4, -0.2) is 10.7 Å². The minimum atomic E-state index is -0.484. The van der Waals surface area contributed by atoms with Crippen LogP contribution in [0.25, 0.3) is 0 Å². The summed E-state index contributed by atoms with van der Waals surface area (Å²) in [5.41, 5.74) is 3.88. The maximum Gasteiger partial charge on any atom is 0.0688 e. The molecular formula is C20H32O. The molecule has 1 saturated carbocycles. The van der Waals surface area contributed by atoms with Crippen LogP contribution in [0, 0.1) is 25.2 Å². The van der Waals surface area contributed by atoms with Crippen LogP contribution in [-0.2, 0) is 6.42 Å². The van der Waals surface area contributed by atoms with Crippen LogP contribution in [0.5, 0.6) is 0 Å². The van der Waals surface area contributed by atoms with Crippen molar-refractivity contribution in [3.63, 3.8) is 0 Å². The number of hydrogen-bond donors (Lipinski definition) is 1. The summed E-state index contributed by atoms with van der Waals surface area (Å²) >= 11 is 0. The average molecular weight is 288 g/mol. The SMILES string of the molecule is CCC(C)(C)C1CCC(O)(Cc2ccc(C)c(C)c2)CC1. The molecule has 0 heterocycles. The fraction of sp³-hybridized carbons (Fsp3) is 0.700. The highest BCUT2D eigenvalue weighted by atomic mass is 16.3. The van der Waals surface area contributed by atoms with Gasteiger partial charge in [0.25, 0.3) is 0 Å². The molecule has 1 aromatic carbocycles. The number of benzene rings is 1. The molecule has 1 N–H and O–H groups in total. The van der Waals surface area contributed by atoms with Crippen LogP contribution in [0.15, 0.2) is 18.2 Å². The minimum absolute atomic E-state index is 0.418. The van der Waals surface area contributed by atoms with Gasteiger partial charge in [-0.3, -0.25) is 0 Å². The highest BCUT2D eigenvalue weighted by Crippen LogP contribution is 2.44. The maximum atomic E-state index is 10.9. The van der Waals surface area contributed by atoms with Gasteiger partial charge < -0.3 is 5.11 Å². The summed E-state index contributed by atoms with van der Waals surface area (Å²) in [7, 11) is 0. The number of hydrogen-bond acceptors (Lipinski definition) is 1. The van der Waals surface area contributed by atoms with Crippen LogP contribution in [0.1, 0.15) is 69.6 Å². The van der Waals surface area contributed by atoms with E-state index in [4.69, 9.17) is 0 Å². The van der Waals surface area contributed by atoms with Crippen LogP contribution in [0.3, 0.4) is 0 Å². The summed E-state index contributed by atoms with van der Waals surface area (Å²) in [6.07, 6.45) is 6.28. The van der Waals surface area contributed by atoms with Gasteiger partial charge in [0.2, 0.25) is 0 Å². The largest absolute Gasteiger partial charge is 0.390 e. The Labute approximate surface area is 130 Å². The molecule has 21 heavy (non-hydrogen) atoms. The molecule has 1 aliphatic rings. The highest BCUT2D eigenvalue weighted by Gasteiger charge is 2.38. The highest BCUT2D eigenvalue weighted by molar-refractivity contribution is 5.30. The molecule has 0 aliphatic heterocycles. The van der Waals surface area contributed by atoms with Gasteiger partial charge in [-0.1, -0.05) is 45.4 Å². The third-order valence-corrected chi connectivity index (χ3v) is 6.04. The van der Waals surface area contributed by atoms with E-state index in [9.17, 15) is 5.11 Å². The van der Waals surface area contributed by atoms with Crippen LogP contribution in [0.4, 0.5) is 0 Å². The van der Waals surface area contributed by atoms with Gasteiger partial charge in [-0.2, -0.15) is 0 Å². The molecule has 1 nitrogen and oxygen atoms in total. The molecule has 2 rings (SSSR count). The topological polar surface area (TPSA) is 20.2 Å². The Morgan fingerprint density at radius 3 is 2.29 bits per heavy atom. The first-order valence-electron chi connectivity index (χ1n) is 8.54. The third kappa shape index (κ3) is 3.88. The fourth-order valence-electron chi connectivity index (χ4n) is 3.70. The first kappa shape index (κ1) is 16.5. The zero-order valence-corrected chi connectivity index (χ0v) is 14.5. The first-order valence-corrected chi connectivity index (χ1v) is 8.54. The summed E-state index contributed by atoms with van der Waals surface area (Å²) < 4.78 is 0. The maximum absolute atomic E-state index is 10.9. The molecule has 0 spiro atoms. The van der Waals surface area contributed by atoms with Crippen molar-refractivity contribution in [2.75, 3.05) is 0 Å². The second-order valence-electron chi connectivity index (χ2n) is 7.94. The average Bonchev–Trinajstić information content (AvgIpc) is 2.43. The molecule has 0 aromatic heterocycles. The monoisotopic (exact) mass is 288 g/mol. The lowest BCUT2D eigenvalue weighted by Crippen LogP contribution is -2.39. The molecule has 0 radical (unpaired) electrons. The van der Waals surface area contributed by atoms with Gasteiger partial charge in [0, 0.05) is 6.42 Å². The van der Waals surface area contributed by atoms with E-state index in [1.165, 1.54) is 36.0 Å². The van der Waals surface area contributed by atoms with Gasteiger partial charge in [-0.15, -0.1) is 0 Å². The van der Waals surface area contributed by atoms with Gasteiger partial charge in [-0.05, 0) is 67.6 Å². The lowest BCUT2D eigenvalue weighted by Gasteiger charge is -2.42. The van der Waals surface area contributed by atoms with Crippen molar-refractivity contribution in [2.45, 2.75) is 78.7 Å². The van der Waals surface area contributed by atoms with E-state index in [0.717, 1.165) is 25.2 Å². The van der Waals surface area contributed by atoms with E-state index < -0.39 is 5.60 Å². The number of aryl methyl sites for hydroxylation is 2. The smallest absolute Gasteiger partial charge is 0.0688 e. The van der Waals surface area contributed by atoms with Crippen LogP contribution in [0.2, 0.25) is 0 Å². The molecule has 1 aliphatic carbocycles. The predicted octanol–water partition coefficient (Wildman–Crippen LogP) is 5.20. The van der Waals surface area contributed by atoms with Gasteiger partial charge in [-0.25, -0.2) is 0 Å². The van der Waals surface area contributed by atoms with E-state index in [0.29, 0.717) is 5.41 Å². The molecule has 1 aromatic rings.